The molecule has 230 valence electrons. The van der Waals surface area contributed by atoms with E-state index in [1.807, 2.05) is 97.9 Å². The molecule has 4 heterocycles. The van der Waals surface area contributed by atoms with Gasteiger partial charge < -0.3 is 24.5 Å². The fourth-order valence-electron chi connectivity index (χ4n) is 7.61. The summed E-state index contributed by atoms with van der Waals surface area (Å²) >= 11 is 6.67. The van der Waals surface area contributed by atoms with E-state index in [1.165, 1.54) is 4.90 Å². The Hall–Kier alpha value is -4.24. The molecule has 0 aromatic heterocycles. The summed E-state index contributed by atoms with van der Waals surface area (Å²) in [6, 6.07) is 22.3. The van der Waals surface area contributed by atoms with E-state index in [1.54, 1.807) is 21.9 Å². The van der Waals surface area contributed by atoms with Gasteiger partial charge in [0.15, 0.2) is 0 Å². The number of carbonyl (C=O) groups is 3. The van der Waals surface area contributed by atoms with E-state index < -0.39 is 48.1 Å². The van der Waals surface area contributed by atoms with Crippen LogP contribution in [-0.2, 0) is 25.7 Å². The highest BCUT2D eigenvalue weighted by molar-refractivity contribution is 6.34. The van der Waals surface area contributed by atoms with Crippen molar-refractivity contribution in [1.82, 2.24) is 9.80 Å². The van der Waals surface area contributed by atoms with Crippen molar-refractivity contribution in [3.8, 4) is 0 Å². The summed E-state index contributed by atoms with van der Waals surface area (Å²) in [5, 5.41) is 11.2. The van der Waals surface area contributed by atoms with E-state index in [0.717, 1.165) is 11.1 Å². The summed E-state index contributed by atoms with van der Waals surface area (Å²) in [7, 11) is 0. The molecular formula is C36H34ClN3O5. The zero-order valence-electron chi connectivity index (χ0n) is 24.8. The van der Waals surface area contributed by atoms with E-state index in [-0.39, 0.29) is 18.4 Å². The first-order valence-electron chi connectivity index (χ1n) is 15.2. The standard InChI is InChI=1S/C36H34ClN3O5/c1-23-11-8-16-26(37)31(23)39-20-10-18-36-30(34(43)40(32(36)35(39)44)27(22-41)25-14-6-3-7-15-25)29-28(45-36)17-9-19-38(33(29)42)21-24-12-4-2-5-13-24/h2-18,27-30,32,41H,19-22H2,1H3/t27-,28+,29-,30+,32?,36+/m1/s1. The zero-order valence-corrected chi connectivity index (χ0v) is 25.6. The fourth-order valence-corrected chi connectivity index (χ4v) is 7.93. The summed E-state index contributed by atoms with van der Waals surface area (Å²) in [5.74, 6) is -2.81. The van der Waals surface area contributed by atoms with Gasteiger partial charge in [-0.15, -0.1) is 0 Å². The quantitative estimate of drug-likeness (QED) is 0.410. The Labute approximate surface area is 267 Å². The van der Waals surface area contributed by atoms with Crippen LogP contribution in [0.25, 0.3) is 0 Å². The SMILES string of the molecule is Cc1cccc(Cl)c1N1CC=C[C@]23O[C@H]4C=CCN(Cc5ccccc5)C(=O)[C@H]4[C@H]2C(=O)N([C@H](CO)c2ccccc2)C3C1=O. The summed E-state index contributed by atoms with van der Waals surface area (Å²) in [6.45, 7) is 2.43. The minimum absolute atomic E-state index is 0.200. The lowest BCUT2D eigenvalue weighted by Crippen LogP contribution is -2.56. The monoisotopic (exact) mass is 623 g/mol. The van der Waals surface area contributed by atoms with Crippen LogP contribution in [0, 0.1) is 18.8 Å². The normalized spacial score (nSPS) is 28.1. The molecule has 0 bridgehead atoms. The van der Waals surface area contributed by atoms with Crippen LogP contribution >= 0.6 is 11.6 Å². The molecule has 1 spiro atoms. The van der Waals surface area contributed by atoms with Crippen LogP contribution in [0.5, 0.6) is 0 Å². The number of aliphatic hydroxyl groups is 1. The number of anilines is 1. The molecule has 3 aromatic carbocycles. The van der Waals surface area contributed by atoms with E-state index >= 15 is 0 Å². The van der Waals surface area contributed by atoms with Gasteiger partial charge in [-0.05, 0) is 29.7 Å². The Balaban J connectivity index is 1.36. The van der Waals surface area contributed by atoms with Crippen molar-refractivity contribution < 1.29 is 24.2 Å². The second-order valence-electron chi connectivity index (χ2n) is 12.1. The number of carbonyl (C=O) groups excluding carboxylic acids is 3. The molecule has 0 aliphatic carbocycles. The number of likely N-dealkylation sites (tertiary alicyclic amines) is 1. The molecule has 45 heavy (non-hydrogen) atoms. The smallest absolute Gasteiger partial charge is 0.253 e. The van der Waals surface area contributed by atoms with Crippen LogP contribution in [0.4, 0.5) is 5.69 Å². The number of para-hydroxylation sites is 1. The molecule has 4 aliphatic heterocycles. The van der Waals surface area contributed by atoms with Crippen molar-refractivity contribution in [2.45, 2.75) is 37.3 Å². The summed E-state index contributed by atoms with van der Waals surface area (Å²) in [4.78, 5) is 48.9. The Morgan fingerprint density at radius 2 is 1.64 bits per heavy atom. The van der Waals surface area contributed by atoms with Gasteiger partial charge in [-0.25, -0.2) is 0 Å². The van der Waals surface area contributed by atoms with E-state index in [4.69, 9.17) is 16.3 Å². The topological polar surface area (TPSA) is 90.4 Å². The maximum absolute atomic E-state index is 14.9. The van der Waals surface area contributed by atoms with Crippen LogP contribution in [0.3, 0.4) is 0 Å². The second-order valence-corrected chi connectivity index (χ2v) is 12.5. The number of benzene rings is 3. The van der Waals surface area contributed by atoms with Gasteiger partial charge in [0.05, 0.1) is 41.3 Å². The molecule has 2 fully saturated rings. The average molecular weight is 624 g/mol. The predicted octanol–water partition coefficient (Wildman–Crippen LogP) is 4.46. The molecule has 0 saturated carbocycles. The van der Waals surface area contributed by atoms with Crippen molar-refractivity contribution >= 4 is 35.0 Å². The van der Waals surface area contributed by atoms with Crippen LogP contribution in [0.2, 0.25) is 5.02 Å². The van der Waals surface area contributed by atoms with Crippen molar-refractivity contribution in [3.63, 3.8) is 0 Å². The van der Waals surface area contributed by atoms with E-state index in [2.05, 4.69) is 0 Å². The third-order valence-electron chi connectivity index (χ3n) is 9.55. The maximum atomic E-state index is 14.9. The largest absolute Gasteiger partial charge is 0.394 e. The number of ether oxygens (including phenoxy) is 1. The predicted molar refractivity (Wildman–Crippen MR) is 170 cm³/mol. The Morgan fingerprint density at radius 1 is 0.911 bits per heavy atom. The summed E-state index contributed by atoms with van der Waals surface area (Å²) in [6.07, 6.45) is 6.70. The summed E-state index contributed by atoms with van der Waals surface area (Å²) in [5.41, 5.74) is 1.58. The van der Waals surface area contributed by atoms with Gasteiger partial charge in [-0.3, -0.25) is 14.4 Å². The molecule has 4 aliphatic rings. The Kier molecular flexibility index (Phi) is 7.60. The first-order valence-corrected chi connectivity index (χ1v) is 15.6. The zero-order chi connectivity index (χ0) is 31.3. The van der Waals surface area contributed by atoms with Gasteiger partial charge in [-0.1, -0.05) is 109 Å². The Bertz CT molecular complexity index is 1670. The lowest BCUT2D eigenvalue weighted by atomic mass is 9.77. The molecule has 6 atom stereocenters. The highest BCUT2D eigenvalue weighted by atomic mass is 35.5. The van der Waals surface area contributed by atoms with Crippen LogP contribution in [0.1, 0.15) is 22.7 Å². The van der Waals surface area contributed by atoms with Crippen molar-refractivity contribution in [2.75, 3.05) is 24.6 Å². The molecule has 2 saturated heterocycles. The molecule has 0 radical (unpaired) electrons. The molecule has 8 nitrogen and oxygen atoms in total. The molecular weight excluding hydrogens is 590 g/mol. The van der Waals surface area contributed by atoms with Gasteiger partial charge in [0.25, 0.3) is 5.91 Å². The molecule has 1 N–H and O–H groups in total. The maximum Gasteiger partial charge on any atom is 0.253 e. The van der Waals surface area contributed by atoms with Gasteiger partial charge in [0.1, 0.15) is 11.6 Å². The molecule has 9 heteroatoms. The molecule has 3 amide bonds. The minimum atomic E-state index is -1.44. The number of nitrogens with zero attached hydrogens (tertiary/aromatic N) is 3. The number of fused-ring (bicyclic) bond motifs is 2. The van der Waals surface area contributed by atoms with Gasteiger partial charge >= 0.3 is 0 Å². The minimum Gasteiger partial charge on any atom is -0.394 e. The molecule has 1 unspecified atom stereocenters. The van der Waals surface area contributed by atoms with Crippen molar-refractivity contribution in [2.24, 2.45) is 11.8 Å². The van der Waals surface area contributed by atoms with E-state index in [0.29, 0.717) is 29.4 Å². The van der Waals surface area contributed by atoms with Crippen molar-refractivity contribution in [1.29, 1.82) is 0 Å². The van der Waals surface area contributed by atoms with E-state index in [9.17, 15) is 19.5 Å². The highest BCUT2D eigenvalue weighted by Gasteiger charge is 2.72. The fraction of sp³-hybridized carbons (Fsp3) is 0.306. The first-order chi connectivity index (χ1) is 21.9. The third-order valence-corrected chi connectivity index (χ3v) is 9.85. The average Bonchev–Trinajstić information content (AvgIpc) is 3.37. The lowest BCUT2D eigenvalue weighted by molar-refractivity contribution is -0.147. The first kappa shape index (κ1) is 29.5. The lowest BCUT2D eigenvalue weighted by Gasteiger charge is -2.39. The molecule has 7 rings (SSSR count). The number of amides is 3. The number of hydrogen-bond acceptors (Lipinski definition) is 5. The van der Waals surface area contributed by atoms with Gasteiger partial charge in [-0.2, -0.15) is 0 Å². The van der Waals surface area contributed by atoms with Crippen LogP contribution in [-0.4, -0.2) is 70.1 Å². The van der Waals surface area contributed by atoms with Gasteiger partial charge in [0.2, 0.25) is 11.8 Å². The van der Waals surface area contributed by atoms with Crippen LogP contribution < -0.4 is 4.90 Å². The van der Waals surface area contributed by atoms with Crippen molar-refractivity contribution in [3.05, 3.63) is 125 Å². The summed E-state index contributed by atoms with van der Waals surface area (Å²) < 4.78 is 6.81. The van der Waals surface area contributed by atoms with Gasteiger partial charge in [0, 0.05) is 19.6 Å². The highest BCUT2D eigenvalue weighted by Crippen LogP contribution is 2.55. The number of aliphatic hydroxyl groups excluding tert-OH is 1. The number of halogens is 1. The third kappa shape index (κ3) is 4.71. The second kappa shape index (κ2) is 11.6. The number of aryl methyl sites for hydroxylation is 1. The van der Waals surface area contributed by atoms with Crippen LogP contribution in [0.15, 0.2) is 103 Å². The number of hydrogen-bond donors (Lipinski definition) is 1. The molecule has 3 aromatic rings. The number of rotatable bonds is 6. The Morgan fingerprint density at radius 3 is 2.36 bits per heavy atom.